The molecule has 1 aromatic carbocycles. The molecular weight excluding hydrogens is 366 g/mol. The summed E-state index contributed by atoms with van der Waals surface area (Å²) in [7, 11) is 0. The number of hydrogen-bond donors (Lipinski definition) is 2. The lowest BCUT2D eigenvalue weighted by Crippen LogP contribution is -2.35. The SMILES string of the molecule is O=C(NCc1ccc(C(=O)N2CCCCC2)cc1)c1ccn(C2CCCNC2)n1. The van der Waals surface area contributed by atoms with Crippen molar-refractivity contribution in [3.63, 3.8) is 0 Å². The fraction of sp³-hybridized carbons (Fsp3) is 0.500. The van der Waals surface area contributed by atoms with Crippen molar-refractivity contribution in [3.8, 4) is 0 Å². The van der Waals surface area contributed by atoms with E-state index >= 15 is 0 Å². The minimum atomic E-state index is -0.180. The molecule has 0 saturated carbocycles. The summed E-state index contributed by atoms with van der Waals surface area (Å²) >= 11 is 0. The molecule has 154 valence electrons. The van der Waals surface area contributed by atoms with Gasteiger partial charge in [0.25, 0.3) is 11.8 Å². The first-order valence-electron chi connectivity index (χ1n) is 10.6. The van der Waals surface area contributed by atoms with Gasteiger partial charge < -0.3 is 15.5 Å². The molecule has 2 aromatic rings. The molecule has 2 fully saturated rings. The van der Waals surface area contributed by atoms with E-state index in [1.807, 2.05) is 40.0 Å². The minimum Gasteiger partial charge on any atom is -0.347 e. The lowest BCUT2D eigenvalue weighted by molar-refractivity contribution is 0.0724. The predicted octanol–water partition coefficient (Wildman–Crippen LogP) is 2.36. The zero-order chi connectivity index (χ0) is 20.1. The first kappa shape index (κ1) is 19.6. The van der Waals surface area contributed by atoms with Crippen molar-refractivity contribution in [2.75, 3.05) is 26.2 Å². The number of amides is 2. The maximum absolute atomic E-state index is 12.5. The van der Waals surface area contributed by atoms with Crippen LogP contribution in [0.1, 0.15) is 64.6 Å². The van der Waals surface area contributed by atoms with Crippen LogP contribution in [0.4, 0.5) is 0 Å². The summed E-state index contributed by atoms with van der Waals surface area (Å²) in [5, 5.41) is 10.7. The number of rotatable bonds is 5. The Morgan fingerprint density at radius 1 is 1.07 bits per heavy atom. The highest BCUT2D eigenvalue weighted by Crippen LogP contribution is 2.16. The van der Waals surface area contributed by atoms with E-state index in [0.717, 1.165) is 57.4 Å². The van der Waals surface area contributed by atoms with E-state index < -0.39 is 0 Å². The van der Waals surface area contributed by atoms with Gasteiger partial charge in [0.05, 0.1) is 6.04 Å². The Morgan fingerprint density at radius 2 is 1.86 bits per heavy atom. The van der Waals surface area contributed by atoms with Crippen LogP contribution in [0.3, 0.4) is 0 Å². The highest BCUT2D eigenvalue weighted by molar-refractivity contribution is 5.94. The Bertz CT molecular complexity index is 833. The summed E-state index contributed by atoms with van der Waals surface area (Å²) in [4.78, 5) is 26.9. The summed E-state index contributed by atoms with van der Waals surface area (Å²) in [6.45, 7) is 4.05. The van der Waals surface area contributed by atoms with Crippen LogP contribution in [0.5, 0.6) is 0 Å². The van der Waals surface area contributed by atoms with E-state index in [1.165, 1.54) is 6.42 Å². The van der Waals surface area contributed by atoms with Gasteiger partial charge in [-0.15, -0.1) is 0 Å². The number of hydrogen-bond acceptors (Lipinski definition) is 4. The van der Waals surface area contributed by atoms with Crippen LogP contribution in [-0.4, -0.2) is 52.7 Å². The molecule has 2 aliphatic rings. The average molecular weight is 396 g/mol. The molecule has 2 amide bonds. The van der Waals surface area contributed by atoms with Gasteiger partial charge in [0, 0.05) is 37.9 Å². The van der Waals surface area contributed by atoms with Crippen molar-refractivity contribution in [2.45, 2.75) is 44.7 Å². The minimum absolute atomic E-state index is 0.100. The molecule has 1 unspecified atom stereocenters. The highest BCUT2D eigenvalue weighted by atomic mass is 16.2. The van der Waals surface area contributed by atoms with Crippen LogP contribution in [0.2, 0.25) is 0 Å². The molecule has 0 radical (unpaired) electrons. The number of nitrogens with one attached hydrogen (secondary N) is 2. The van der Waals surface area contributed by atoms with Crippen LogP contribution < -0.4 is 10.6 Å². The van der Waals surface area contributed by atoms with Crippen molar-refractivity contribution >= 4 is 11.8 Å². The summed E-state index contributed by atoms with van der Waals surface area (Å²) in [5.41, 5.74) is 2.11. The zero-order valence-corrected chi connectivity index (χ0v) is 16.8. The second kappa shape index (κ2) is 9.22. The van der Waals surface area contributed by atoms with Crippen molar-refractivity contribution in [1.29, 1.82) is 0 Å². The molecule has 7 heteroatoms. The Kier molecular flexibility index (Phi) is 6.24. The second-order valence-electron chi connectivity index (χ2n) is 7.91. The fourth-order valence-electron chi connectivity index (χ4n) is 4.04. The number of carbonyl (C=O) groups excluding carboxylic acids is 2. The number of likely N-dealkylation sites (tertiary alicyclic amines) is 1. The normalized spacial score (nSPS) is 19.7. The van der Waals surface area contributed by atoms with Crippen molar-refractivity contribution < 1.29 is 9.59 Å². The third-order valence-electron chi connectivity index (χ3n) is 5.78. The van der Waals surface area contributed by atoms with E-state index in [9.17, 15) is 9.59 Å². The summed E-state index contributed by atoms with van der Waals surface area (Å²) in [6.07, 6.45) is 7.47. The topological polar surface area (TPSA) is 79.3 Å². The van der Waals surface area contributed by atoms with E-state index in [0.29, 0.717) is 23.8 Å². The van der Waals surface area contributed by atoms with E-state index in [1.54, 1.807) is 6.07 Å². The first-order valence-corrected chi connectivity index (χ1v) is 10.6. The number of piperidine rings is 2. The van der Waals surface area contributed by atoms with E-state index in [4.69, 9.17) is 0 Å². The van der Waals surface area contributed by atoms with Gasteiger partial charge in [-0.1, -0.05) is 12.1 Å². The Labute approximate surface area is 171 Å². The third kappa shape index (κ3) is 4.85. The van der Waals surface area contributed by atoms with Crippen LogP contribution in [0, 0.1) is 0 Å². The van der Waals surface area contributed by atoms with E-state index in [-0.39, 0.29) is 11.8 Å². The van der Waals surface area contributed by atoms with Gasteiger partial charge in [-0.2, -0.15) is 5.10 Å². The van der Waals surface area contributed by atoms with Crippen LogP contribution in [0.15, 0.2) is 36.5 Å². The molecule has 0 spiro atoms. The van der Waals surface area contributed by atoms with Crippen LogP contribution in [-0.2, 0) is 6.54 Å². The molecule has 7 nitrogen and oxygen atoms in total. The molecule has 2 aliphatic heterocycles. The number of nitrogens with zero attached hydrogens (tertiary/aromatic N) is 3. The van der Waals surface area contributed by atoms with Gasteiger partial charge in [0.1, 0.15) is 5.69 Å². The molecule has 0 aliphatic carbocycles. The van der Waals surface area contributed by atoms with Gasteiger partial charge in [-0.05, 0) is 62.4 Å². The molecule has 29 heavy (non-hydrogen) atoms. The monoisotopic (exact) mass is 395 g/mol. The van der Waals surface area contributed by atoms with Gasteiger partial charge in [0.2, 0.25) is 0 Å². The summed E-state index contributed by atoms with van der Waals surface area (Å²) < 4.78 is 1.89. The zero-order valence-electron chi connectivity index (χ0n) is 16.8. The molecule has 0 bridgehead atoms. The predicted molar refractivity (Wildman–Crippen MR) is 111 cm³/mol. The number of benzene rings is 1. The molecule has 4 rings (SSSR count). The van der Waals surface area contributed by atoms with Gasteiger partial charge >= 0.3 is 0 Å². The van der Waals surface area contributed by atoms with Gasteiger partial charge in [-0.25, -0.2) is 0 Å². The molecule has 1 atom stereocenters. The summed E-state index contributed by atoms with van der Waals surface area (Å²) in [6, 6.07) is 9.60. The molecule has 2 saturated heterocycles. The lowest BCUT2D eigenvalue weighted by atomic mass is 10.1. The standard InChI is InChI=1S/C22H29N5O2/c28-21(20-10-14-27(25-20)19-5-4-11-23-16-19)24-15-17-6-8-18(9-7-17)22(29)26-12-2-1-3-13-26/h6-10,14,19,23H,1-5,11-13,15-16H2,(H,24,28). The van der Waals surface area contributed by atoms with Crippen LogP contribution in [0.25, 0.3) is 0 Å². The molecule has 2 N–H and O–H groups in total. The Hall–Kier alpha value is -2.67. The largest absolute Gasteiger partial charge is 0.347 e. The van der Waals surface area contributed by atoms with Gasteiger partial charge in [-0.3, -0.25) is 14.3 Å². The number of carbonyl (C=O) groups is 2. The fourth-order valence-corrected chi connectivity index (χ4v) is 4.04. The first-order chi connectivity index (χ1) is 14.2. The van der Waals surface area contributed by atoms with Crippen LogP contribution >= 0.6 is 0 Å². The Balaban J connectivity index is 1.30. The number of aromatic nitrogens is 2. The average Bonchev–Trinajstić information content (AvgIpc) is 3.29. The third-order valence-corrected chi connectivity index (χ3v) is 5.78. The van der Waals surface area contributed by atoms with Crippen molar-refractivity contribution in [1.82, 2.24) is 25.3 Å². The lowest BCUT2D eigenvalue weighted by Gasteiger charge is -2.26. The summed E-state index contributed by atoms with van der Waals surface area (Å²) in [5.74, 6) is -0.0796. The van der Waals surface area contributed by atoms with Gasteiger partial charge in [0.15, 0.2) is 0 Å². The maximum atomic E-state index is 12.5. The molecule has 1 aromatic heterocycles. The van der Waals surface area contributed by atoms with Crippen molar-refractivity contribution in [3.05, 3.63) is 53.3 Å². The van der Waals surface area contributed by atoms with Crippen molar-refractivity contribution in [2.24, 2.45) is 0 Å². The van der Waals surface area contributed by atoms with E-state index in [2.05, 4.69) is 15.7 Å². The highest BCUT2D eigenvalue weighted by Gasteiger charge is 2.19. The smallest absolute Gasteiger partial charge is 0.272 e. The second-order valence-corrected chi connectivity index (χ2v) is 7.91. The maximum Gasteiger partial charge on any atom is 0.272 e. The Morgan fingerprint density at radius 3 is 2.59 bits per heavy atom. The molecule has 3 heterocycles. The molecular formula is C22H29N5O2. The quantitative estimate of drug-likeness (QED) is 0.815.